The quantitative estimate of drug-likeness (QED) is 0.475. The summed E-state index contributed by atoms with van der Waals surface area (Å²) in [4.78, 5) is 0. The molecule has 0 spiro atoms. The van der Waals surface area contributed by atoms with Gasteiger partial charge in [-0.05, 0) is 32.7 Å². The maximum absolute atomic E-state index is 5.39. The van der Waals surface area contributed by atoms with Gasteiger partial charge in [0.05, 0.1) is 0 Å². The van der Waals surface area contributed by atoms with Gasteiger partial charge in [0.2, 0.25) is 0 Å². The number of allylic oxidation sites excluding steroid dienone is 5. The van der Waals surface area contributed by atoms with Gasteiger partial charge in [-0.1, -0.05) is 36.5 Å². The zero-order valence-electron chi connectivity index (χ0n) is 7.92. The van der Waals surface area contributed by atoms with Gasteiger partial charge < -0.3 is 5.73 Å². The Morgan fingerprint density at radius 1 is 1.33 bits per heavy atom. The predicted octanol–water partition coefficient (Wildman–Crippen LogP) is 2.80. The van der Waals surface area contributed by atoms with Gasteiger partial charge in [0, 0.05) is 0 Å². The molecular weight excluding hydrogens is 146 g/mol. The van der Waals surface area contributed by atoms with Crippen LogP contribution in [0.3, 0.4) is 0 Å². The van der Waals surface area contributed by atoms with Crippen LogP contribution in [0.1, 0.15) is 26.2 Å². The Hall–Kier alpha value is -0.820. The molecule has 0 rings (SSSR count). The first kappa shape index (κ1) is 11.2. The van der Waals surface area contributed by atoms with Gasteiger partial charge in [0.15, 0.2) is 0 Å². The second-order valence-electron chi connectivity index (χ2n) is 2.88. The normalized spacial score (nSPS) is 12.3. The van der Waals surface area contributed by atoms with Crippen molar-refractivity contribution >= 4 is 0 Å². The molecule has 12 heavy (non-hydrogen) atoms. The summed E-state index contributed by atoms with van der Waals surface area (Å²) in [5.74, 6) is 0. The van der Waals surface area contributed by atoms with Crippen molar-refractivity contribution in [2.45, 2.75) is 26.2 Å². The molecule has 0 aliphatic heterocycles. The summed E-state index contributed by atoms with van der Waals surface area (Å²) < 4.78 is 0. The third kappa shape index (κ3) is 7.29. The average Bonchev–Trinajstić information content (AvgIpc) is 2.06. The molecule has 0 aromatic rings. The fraction of sp³-hybridized carbons (Fsp3) is 0.455. The van der Waals surface area contributed by atoms with Crippen LogP contribution in [0, 0.1) is 0 Å². The van der Waals surface area contributed by atoms with Crippen molar-refractivity contribution in [1.29, 1.82) is 0 Å². The Morgan fingerprint density at radius 3 is 2.67 bits per heavy atom. The van der Waals surface area contributed by atoms with E-state index in [1.807, 2.05) is 12.2 Å². The minimum absolute atomic E-state index is 0.801. The molecule has 0 bridgehead atoms. The predicted molar refractivity (Wildman–Crippen MR) is 56.0 cm³/mol. The first-order valence-electron chi connectivity index (χ1n) is 4.46. The topological polar surface area (TPSA) is 26.0 Å². The summed E-state index contributed by atoms with van der Waals surface area (Å²) in [6.45, 7) is 6.54. The van der Waals surface area contributed by atoms with E-state index in [0.717, 1.165) is 19.4 Å². The number of rotatable bonds is 6. The molecule has 0 amide bonds. The molecule has 1 heteroatoms. The smallest absolute Gasteiger partial charge is 0.00772 e. The number of hydrogen-bond donors (Lipinski definition) is 1. The first-order valence-corrected chi connectivity index (χ1v) is 4.46. The monoisotopic (exact) mass is 165 g/mol. The van der Waals surface area contributed by atoms with Crippen LogP contribution in [0.25, 0.3) is 0 Å². The van der Waals surface area contributed by atoms with E-state index >= 15 is 0 Å². The molecule has 0 radical (unpaired) electrons. The van der Waals surface area contributed by atoms with E-state index in [2.05, 4.69) is 19.6 Å². The molecular formula is C11H19N. The summed E-state index contributed by atoms with van der Waals surface area (Å²) in [5, 5.41) is 0. The Kier molecular flexibility index (Phi) is 7.71. The molecule has 2 N–H and O–H groups in total. The molecule has 0 fully saturated rings. The van der Waals surface area contributed by atoms with Crippen molar-refractivity contribution < 1.29 is 0 Å². The van der Waals surface area contributed by atoms with Crippen LogP contribution >= 0.6 is 0 Å². The maximum Gasteiger partial charge on any atom is -0.00772 e. The Balaban J connectivity index is 3.55. The van der Waals surface area contributed by atoms with Crippen molar-refractivity contribution in [3.8, 4) is 0 Å². The summed E-state index contributed by atoms with van der Waals surface area (Å²) in [5.41, 5.74) is 6.79. The number of unbranched alkanes of at least 4 members (excludes halogenated alkanes) is 1. The highest BCUT2D eigenvalue weighted by atomic mass is 14.5. The summed E-state index contributed by atoms with van der Waals surface area (Å²) in [6.07, 6.45) is 11.3. The highest BCUT2D eigenvalue weighted by molar-refractivity contribution is 5.13. The lowest BCUT2D eigenvalue weighted by Crippen LogP contribution is -1.97. The Morgan fingerprint density at radius 2 is 2.08 bits per heavy atom. The fourth-order valence-corrected chi connectivity index (χ4v) is 0.930. The van der Waals surface area contributed by atoms with Crippen LogP contribution < -0.4 is 5.73 Å². The van der Waals surface area contributed by atoms with E-state index in [-0.39, 0.29) is 0 Å². The molecule has 0 heterocycles. The molecule has 0 aromatic carbocycles. The van der Waals surface area contributed by atoms with E-state index in [1.165, 1.54) is 12.0 Å². The lowest BCUT2D eigenvalue weighted by Gasteiger charge is -1.97. The summed E-state index contributed by atoms with van der Waals surface area (Å²) in [6, 6.07) is 0. The molecule has 1 nitrogen and oxygen atoms in total. The molecule has 0 saturated carbocycles. The second-order valence-corrected chi connectivity index (χ2v) is 2.88. The van der Waals surface area contributed by atoms with Crippen LogP contribution in [0.15, 0.2) is 36.5 Å². The van der Waals surface area contributed by atoms with Crippen LogP contribution in [0.2, 0.25) is 0 Å². The first-order chi connectivity index (χ1) is 5.81. The van der Waals surface area contributed by atoms with E-state index in [4.69, 9.17) is 5.73 Å². The molecule has 68 valence electrons. The number of hydrogen-bond acceptors (Lipinski definition) is 1. The molecule has 0 saturated heterocycles. The van der Waals surface area contributed by atoms with Gasteiger partial charge >= 0.3 is 0 Å². The average molecular weight is 165 g/mol. The van der Waals surface area contributed by atoms with E-state index < -0.39 is 0 Å². The highest BCUT2D eigenvalue weighted by Gasteiger charge is 1.87. The van der Waals surface area contributed by atoms with Crippen LogP contribution in [-0.4, -0.2) is 6.54 Å². The third-order valence-electron chi connectivity index (χ3n) is 1.65. The van der Waals surface area contributed by atoms with Crippen LogP contribution in [-0.2, 0) is 0 Å². The summed E-state index contributed by atoms with van der Waals surface area (Å²) in [7, 11) is 0. The van der Waals surface area contributed by atoms with Gasteiger partial charge in [0.25, 0.3) is 0 Å². The zero-order chi connectivity index (χ0) is 9.23. The molecule has 0 aromatic heterocycles. The van der Waals surface area contributed by atoms with Crippen molar-refractivity contribution in [3.63, 3.8) is 0 Å². The largest absolute Gasteiger partial charge is 0.330 e. The van der Waals surface area contributed by atoms with Gasteiger partial charge in [-0.25, -0.2) is 0 Å². The highest BCUT2D eigenvalue weighted by Crippen LogP contribution is 2.05. The molecule has 0 aliphatic rings. The van der Waals surface area contributed by atoms with E-state index in [0.29, 0.717) is 0 Å². The van der Waals surface area contributed by atoms with E-state index in [1.54, 1.807) is 6.08 Å². The molecule has 0 atom stereocenters. The fourth-order valence-electron chi connectivity index (χ4n) is 0.930. The SMILES string of the molecule is C=C/C=C\C=C(/C)CCCCN. The van der Waals surface area contributed by atoms with Crippen molar-refractivity contribution in [2.24, 2.45) is 5.73 Å². The van der Waals surface area contributed by atoms with Crippen molar-refractivity contribution in [2.75, 3.05) is 6.54 Å². The zero-order valence-corrected chi connectivity index (χ0v) is 7.92. The van der Waals surface area contributed by atoms with Gasteiger partial charge in [-0.3, -0.25) is 0 Å². The standard InChI is InChI=1S/C11H19N/c1-3-4-5-8-11(2)9-6-7-10-12/h3-5,8H,1,6-7,9-10,12H2,2H3/b5-4-,11-8+. The lowest BCUT2D eigenvalue weighted by atomic mass is 10.1. The Bertz CT molecular complexity index is 166. The van der Waals surface area contributed by atoms with Crippen molar-refractivity contribution in [3.05, 3.63) is 36.5 Å². The van der Waals surface area contributed by atoms with Gasteiger partial charge in [-0.2, -0.15) is 0 Å². The second kappa shape index (κ2) is 8.28. The van der Waals surface area contributed by atoms with Crippen LogP contribution in [0.4, 0.5) is 0 Å². The molecule has 0 aliphatic carbocycles. The van der Waals surface area contributed by atoms with E-state index in [9.17, 15) is 0 Å². The van der Waals surface area contributed by atoms with Gasteiger partial charge in [-0.15, -0.1) is 0 Å². The maximum atomic E-state index is 5.39. The minimum Gasteiger partial charge on any atom is -0.330 e. The van der Waals surface area contributed by atoms with Crippen LogP contribution in [0.5, 0.6) is 0 Å². The van der Waals surface area contributed by atoms with Crippen molar-refractivity contribution in [1.82, 2.24) is 0 Å². The van der Waals surface area contributed by atoms with Gasteiger partial charge in [0.1, 0.15) is 0 Å². The number of nitrogens with two attached hydrogens (primary N) is 1. The minimum atomic E-state index is 0.801. The molecule has 0 unspecified atom stereocenters. The Labute approximate surface area is 75.7 Å². The summed E-state index contributed by atoms with van der Waals surface area (Å²) >= 11 is 0. The third-order valence-corrected chi connectivity index (χ3v) is 1.65. The lowest BCUT2D eigenvalue weighted by molar-refractivity contribution is 0.740.